The molecule has 1 saturated heterocycles. The van der Waals surface area contributed by atoms with Gasteiger partial charge < -0.3 is 25.0 Å². The quantitative estimate of drug-likeness (QED) is 0.594. The van der Waals surface area contributed by atoms with Gasteiger partial charge >= 0.3 is 0 Å². The van der Waals surface area contributed by atoms with Crippen molar-refractivity contribution in [3.8, 4) is 11.5 Å². The number of piperazine rings is 1. The molecule has 2 N–H and O–H groups in total. The summed E-state index contributed by atoms with van der Waals surface area (Å²) in [5.74, 6) is 2.07. The maximum absolute atomic E-state index is 6.21. The van der Waals surface area contributed by atoms with Gasteiger partial charge in [-0.25, -0.2) is 0 Å². The summed E-state index contributed by atoms with van der Waals surface area (Å²) < 4.78 is 10.6. The lowest BCUT2D eigenvalue weighted by molar-refractivity contribution is 0.354. The lowest BCUT2D eigenvalue weighted by Gasteiger charge is -2.36. The van der Waals surface area contributed by atoms with Crippen LogP contribution in [0, 0.1) is 0 Å². The molecule has 3 rings (SSSR count). The van der Waals surface area contributed by atoms with E-state index in [4.69, 9.17) is 26.8 Å². The van der Waals surface area contributed by atoms with Crippen molar-refractivity contribution in [2.75, 3.05) is 51.8 Å². The number of rotatable bonds is 6. The summed E-state index contributed by atoms with van der Waals surface area (Å²) in [6.07, 6.45) is 0.797. The number of ether oxygens (including phenoxy) is 2. The molecule has 1 aliphatic rings. The van der Waals surface area contributed by atoms with Gasteiger partial charge in [-0.1, -0.05) is 17.7 Å². The van der Waals surface area contributed by atoms with E-state index in [0.717, 1.165) is 54.7 Å². The largest absolute Gasteiger partial charge is 0.493 e. The molecule has 1 heterocycles. The highest BCUT2D eigenvalue weighted by Gasteiger charge is 2.18. The fourth-order valence-corrected chi connectivity index (χ4v) is 3.41. The maximum atomic E-state index is 6.21. The lowest BCUT2D eigenvalue weighted by Crippen LogP contribution is -2.51. The number of halogens is 1. The van der Waals surface area contributed by atoms with Gasteiger partial charge in [0.05, 0.1) is 14.2 Å². The number of aliphatic imine (C=N–C) groups is 1. The highest BCUT2D eigenvalue weighted by molar-refractivity contribution is 6.30. The molecule has 0 radical (unpaired) electrons. The number of nitrogens with two attached hydrogens (primary N) is 1. The Morgan fingerprint density at radius 2 is 1.68 bits per heavy atom. The van der Waals surface area contributed by atoms with Crippen LogP contribution in [-0.4, -0.2) is 57.8 Å². The third kappa shape index (κ3) is 5.01. The zero-order valence-electron chi connectivity index (χ0n) is 16.4. The van der Waals surface area contributed by atoms with E-state index in [1.54, 1.807) is 14.2 Å². The van der Waals surface area contributed by atoms with Gasteiger partial charge in [-0.15, -0.1) is 0 Å². The first-order chi connectivity index (χ1) is 13.6. The van der Waals surface area contributed by atoms with Crippen molar-refractivity contribution in [3.63, 3.8) is 0 Å². The summed E-state index contributed by atoms with van der Waals surface area (Å²) in [6.45, 7) is 4.17. The van der Waals surface area contributed by atoms with E-state index in [0.29, 0.717) is 12.5 Å². The van der Waals surface area contributed by atoms with Crippen molar-refractivity contribution in [1.82, 2.24) is 4.90 Å². The Morgan fingerprint density at radius 3 is 2.32 bits per heavy atom. The van der Waals surface area contributed by atoms with Gasteiger partial charge in [0.15, 0.2) is 17.5 Å². The average molecular weight is 403 g/mol. The summed E-state index contributed by atoms with van der Waals surface area (Å²) >= 11 is 5.97. The smallest absolute Gasteiger partial charge is 0.191 e. The second-order valence-electron chi connectivity index (χ2n) is 6.63. The van der Waals surface area contributed by atoms with Crippen LogP contribution in [-0.2, 0) is 6.42 Å². The van der Waals surface area contributed by atoms with Crippen molar-refractivity contribution < 1.29 is 9.47 Å². The van der Waals surface area contributed by atoms with Gasteiger partial charge in [0.1, 0.15) is 0 Å². The Morgan fingerprint density at radius 1 is 1.00 bits per heavy atom. The molecule has 1 aliphatic heterocycles. The first-order valence-corrected chi connectivity index (χ1v) is 9.75. The maximum Gasteiger partial charge on any atom is 0.191 e. The van der Waals surface area contributed by atoms with Gasteiger partial charge in [-0.2, -0.15) is 0 Å². The molecule has 6 nitrogen and oxygen atoms in total. The van der Waals surface area contributed by atoms with Gasteiger partial charge in [-0.05, 0) is 48.4 Å². The SMILES string of the molecule is COc1ccc(CCN=C(N)N2CCN(c3ccc(Cl)cc3)CC2)cc1OC. The number of nitrogens with zero attached hydrogens (tertiary/aromatic N) is 3. The molecule has 0 spiro atoms. The van der Waals surface area contributed by atoms with Crippen molar-refractivity contribution in [3.05, 3.63) is 53.1 Å². The highest BCUT2D eigenvalue weighted by atomic mass is 35.5. The Balaban J connectivity index is 1.50. The molecule has 2 aromatic rings. The first-order valence-electron chi connectivity index (χ1n) is 9.37. The number of methoxy groups -OCH3 is 2. The molecule has 0 amide bonds. The molecule has 1 fully saturated rings. The van der Waals surface area contributed by atoms with Gasteiger partial charge in [0.25, 0.3) is 0 Å². The molecule has 0 aromatic heterocycles. The molecular weight excluding hydrogens is 376 g/mol. The van der Waals surface area contributed by atoms with E-state index in [1.165, 1.54) is 5.69 Å². The van der Waals surface area contributed by atoms with Crippen molar-refractivity contribution in [2.45, 2.75) is 6.42 Å². The summed E-state index contributed by atoms with van der Waals surface area (Å²) in [7, 11) is 3.27. The molecule has 0 bridgehead atoms. The molecule has 2 aromatic carbocycles. The minimum atomic E-state index is 0.608. The Hall–Kier alpha value is -2.60. The predicted octanol–water partition coefficient (Wildman–Crippen LogP) is 3.04. The first kappa shape index (κ1) is 20.1. The van der Waals surface area contributed by atoms with Gasteiger partial charge in [0.2, 0.25) is 0 Å². The second-order valence-corrected chi connectivity index (χ2v) is 7.07. The van der Waals surface area contributed by atoms with Crippen LogP contribution in [0.3, 0.4) is 0 Å². The summed E-state index contributed by atoms with van der Waals surface area (Å²) in [5.41, 5.74) is 8.54. The third-order valence-electron chi connectivity index (χ3n) is 4.92. The standard InChI is InChI=1S/C21H27ClN4O2/c1-27-19-8-3-16(15-20(19)28-2)9-10-24-21(23)26-13-11-25(12-14-26)18-6-4-17(22)5-7-18/h3-8,15H,9-14H2,1-2H3,(H2,23,24). The third-order valence-corrected chi connectivity index (χ3v) is 5.17. The Bertz CT molecular complexity index is 803. The second kappa shape index (κ2) is 9.55. The zero-order valence-corrected chi connectivity index (χ0v) is 17.2. The van der Waals surface area contributed by atoms with Crippen molar-refractivity contribution in [2.24, 2.45) is 10.7 Å². The molecule has 0 atom stereocenters. The lowest BCUT2D eigenvalue weighted by atomic mass is 10.1. The van der Waals surface area contributed by atoms with E-state index >= 15 is 0 Å². The number of benzene rings is 2. The van der Waals surface area contributed by atoms with Crippen LogP contribution in [0.25, 0.3) is 0 Å². The normalized spacial score (nSPS) is 14.9. The minimum Gasteiger partial charge on any atom is -0.493 e. The fourth-order valence-electron chi connectivity index (χ4n) is 3.28. The van der Waals surface area contributed by atoms with Crippen LogP contribution in [0.15, 0.2) is 47.5 Å². The summed E-state index contributed by atoms with van der Waals surface area (Å²) in [4.78, 5) is 9.04. The summed E-state index contributed by atoms with van der Waals surface area (Å²) in [6, 6.07) is 13.9. The van der Waals surface area contributed by atoms with Crippen molar-refractivity contribution in [1.29, 1.82) is 0 Å². The van der Waals surface area contributed by atoms with Gasteiger partial charge in [0, 0.05) is 43.4 Å². The van der Waals surface area contributed by atoms with E-state index in [1.807, 2.05) is 30.3 Å². The van der Waals surface area contributed by atoms with E-state index in [9.17, 15) is 0 Å². The van der Waals surface area contributed by atoms with Crippen LogP contribution in [0.1, 0.15) is 5.56 Å². The van der Waals surface area contributed by atoms with E-state index < -0.39 is 0 Å². The van der Waals surface area contributed by atoms with Gasteiger partial charge in [-0.3, -0.25) is 4.99 Å². The molecule has 0 aliphatic carbocycles. The van der Waals surface area contributed by atoms with Crippen LogP contribution >= 0.6 is 11.6 Å². The number of hydrogen-bond acceptors (Lipinski definition) is 4. The minimum absolute atomic E-state index is 0.608. The highest BCUT2D eigenvalue weighted by Crippen LogP contribution is 2.27. The number of hydrogen-bond donors (Lipinski definition) is 1. The molecule has 7 heteroatoms. The predicted molar refractivity (Wildman–Crippen MR) is 115 cm³/mol. The zero-order chi connectivity index (χ0) is 19.9. The van der Waals surface area contributed by atoms with E-state index in [2.05, 4.69) is 26.9 Å². The molecular formula is C21H27ClN4O2. The van der Waals surface area contributed by atoms with Crippen LogP contribution in [0.2, 0.25) is 5.02 Å². The molecule has 28 heavy (non-hydrogen) atoms. The Labute approximate surface area is 171 Å². The Kier molecular flexibility index (Phi) is 6.87. The van der Waals surface area contributed by atoms with Crippen LogP contribution in [0.5, 0.6) is 11.5 Å². The topological polar surface area (TPSA) is 63.3 Å². The molecule has 0 unspecified atom stereocenters. The van der Waals surface area contributed by atoms with Crippen molar-refractivity contribution >= 4 is 23.2 Å². The summed E-state index contributed by atoms with van der Waals surface area (Å²) in [5, 5.41) is 0.758. The fraction of sp³-hybridized carbons (Fsp3) is 0.381. The monoisotopic (exact) mass is 402 g/mol. The molecule has 0 saturated carbocycles. The van der Waals surface area contributed by atoms with Crippen LogP contribution < -0.4 is 20.1 Å². The number of anilines is 1. The van der Waals surface area contributed by atoms with Crippen LogP contribution in [0.4, 0.5) is 5.69 Å². The number of guanidine groups is 1. The van der Waals surface area contributed by atoms with E-state index in [-0.39, 0.29) is 0 Å². The average Bonchev–Trinajstić information content (AvgIpc) is 2.74. The molecule has 150 valence electrons.